The molecule has 160 valence electrons. The number of nitrogens with zero attached hydrogens (tertiary/aromatic N) is 3. The molecule has 0 unspecified atom stereocenters. The van der Waals surface area contributed by atoms with Crippen molar-refractivity contribution in [2.75, 3.05) is 39.3 Å². The predicted octanol–water partition coefficient (Wildman–Crippen LogP) is 5.60. The Bertz CT molecular complexity index is 1000. The predicted molar refractivity (Wildman–Crippen MR) is 122 cm³/mol. The van der Waals surface area contributed by atoms with Crippen LogP contribution in [0.3, 0.4) is 0 Å². The number of hydrogen-bond acceptors (Lipinski definition) is 6. The summed E-state index contributed by atoms with van der Waals surface area (Å²) in [4.78, 5) is 12.1. The Labute approximate surface area is 182 Å². The lowest BCUT2D eigenvalue weighted by Crippen LogP contribution is -2.26. The Balaban J connectivity index is 2.38. The summed E-state index contributed by atoms with van der Waals surface area (Å²) >= 11 is 6.08. The molecule has 6 nitrogen and oxygen atoms in total. The molecule has 3 aromatic rings. The average molecular weight is 430 g/mol. The highest BCUT2D eigenvalue weighted by Crippen LogP contribution is 2.45. The van der Waals surface area contributed by atoms with Crippen molar-refractivity contribution in [3.05, 3.63) is 35.4 Å². The van der Waals surface area contributed by atoms with Crippen molar-refractivity contribution in [3.63, 3.8) is 0 Å². The molecular formula is C23H28ClN3O3. The van der Waals surface area contributed by atoms with Crippen LogP contribution in [0.25, 0.3) is 22.3 Å². The van der Waals surface area contributed by atoms with Crippen LogP contribution in [0.1, 0.15) is 26.7 Å². The topological polar surface area (TPSA) is 56.7 Å². The van der Waals surface area contributed by atoms with Gasteiger partial charge in [-0.05, 0) is 43.2 Å². The molecule has 0 radical (unpaired) electrons. The summed E-state index contributed by atoms with van der Waals surface area (Å²) in [6.45, 7) is 6.10. The van der Waals surface area contributed by atoms with Gasteiger partial charge in [0.25, 0.3) is 0 Å². The molecule has 7 heteroatoms. The zero-order chi connectivity index (χ0) is 21.7. The first-order valence-corrected chi connectivity index (χ1v) is 10.5. The van der Waals surface area contributed by atoms with Crippen molar-refractivity contribution in [2.24, 2.45) is 0 Å². The zero-order valence-electron chi connectivity index (χ0n) is 18.2. The van der Waals surface area contributed by atoms with Gasteiger partial charge in [-0.3, -0.25) is 0 Å². The summed E-state index contributed by atoms with van der Waals surface area (Å²) < 4.78 is 16.9. The number of aromatic nitrogens is 2. The van der Waals surface area contributed by atoms with E-state index in [0.717, 1.165) is 42.7 Å². The molecule has 0 amide bonds. The van der Waals surface area contributed by atoms with Crippen molar-refractivity contribution in [3.8, 4) is 28.6 Å². The Kier molecular flexibility index (Phi) is 7.21. The van der Waals surface area contributed by atoms with Gasteiger partial charge >= 0.3 is 0 Å². The Hall–Kier alpha value is -2.73. The van der Waals surface area contributed by atoms with Gasteiger partial charge in [0, 0.05) is 23.7 Å². The molecule has 3 rings (SSSR count). The van der Waals surface area contributed by atoms with Gasteiger partial charge in [0.15, 0.2) is 17.3 Å². The van der Waals surface area contributed by atoms with Crippen molar-refractivity contribution >= 4 is 28.3 Å². The number of halogens is 1. The fourth-order valence-corrected chi connectivity index (χ4v) is 3.67. The van der Waals surface area contributed by atoms with Crippen molar-refractivity contribution in [1.29, 1.82) is 0 Å². The maximum Gasteiger partial charge on any atom is 0.205 e. The van der Waals surface area contributed by atoms with Crippen LogP contribution in [-0.2, 0) is 0 Å². The van der Waals surface area contributed by atoms with E-state index in [1.54, 1.807) is 21.3 Å². The number of rotatable bonds is 9. The molecule has 0 spiro atoms. The van der Waals surface area contributed by atoms with E-state index < -0.39 is 0 Å². The van der Waals surface area contributed by atoms with Crippen LogP contribution in [0, 0.1) is 0 Å². The summed E-state index contributed by atoms with van der Waals surface area (Å²) in [5.41, 5.74) is 1.56. The SMILES string of the molecule is CCCN(CCC)c1nc(-c2ccc(Cl)cc2)nc2c(OC)c(OC)c(OC)cc12. The Morgan fingerprint density at radius 2 is 1.50 bits per heavy atom. The summed E-state index contributed by atoms with van der Waals surface area (Å²) in [5, 5.41) is 1.53. The molecule has 0 saturated carbocycles. The fraction of sp³-hybridized carbons (Fsp3) is 0.391. The molecule has 0 aliphatic heterocycles. The van der Waals surface area contributed by atoms with Crippen molar-refractivity contribution < 1.29 is 14.2 Å². The van der Waals surface area contributed by atoms with E-state index in [1.165, 1.54) is 0 Å². The quantitative estimate of drug-likeness (QED) is 0.441. The van der Waals surface area contributed by atoms with Gasteiger partial charge in [0.1, 0.15) is 11.3 Å². The van der Waals surface area contributed by atoms with Crippen LogP contribution in [0.2, 0.25) is 5.02 Å². The molecular weight excluding hydrogens is 402 g/mol. The molecule has 0 aliphatic rings. The summed E-state index contributed by atoms with van der Waals surface area (Å²) in [5.74, 6) is 3.08. The number of ether oxygens (including phenoxy) is 3. The fourth-order valence-electron chi connectivity index (χ4n) is 3.55. The van der Waals surface area contributed by atoms with Gasteiger partial charge in [-0.1, -0.05) is 25.4 Å². The molecule has 0 N–H and O–H groups in total. The lowest BCUT2D eigenvalue weighted by molar-refractivity contribution is 0.327. The third kappa shape index (κ3) is 4.24. The first-order valence-electron chi connectivity index (χ1n) is 10.1. The van der Waals surface area contributed by atoms with Gasteiger partial charge in [0.2, 0.25) is 5.75 Å². The largest absolute Gasteiger partial charge is 0.493 e. The number of methoxy groups -OCH3 is 3. The van der Waals surface area contributed by atoms with Crippen LogP contribution in [0.4, 0.5) is 5.82 Å². The first kappa shape index (κ1) is 22.0. The van der Waals surface area contributed by atoms with Gasteiger partial charge in [-0.15, -0.1) is 0 Å². The van der Waals surface area contributed by atoms with Crippen LogP contribution >= 0.6 is 11.6 Å². The third-order valence-corrected chi connectivity index (χ3v) is 5.12. The van der Waals surface area contributed by atoms with Crippen molar-refractivity contribution in [1.82, 2.24) is 9.97 Å². The summed E-state index contributed by atoms with van der Waals surface area (Å²) in [6.07, 6.45) is 2.01. The highest BCUT2D eigenvalue weighted by Gasteiger charge is 2.23. The van der Waals surface area contributed by atoms with Gasteiger partial charge < -0.3 is 19.1 Å². The minimum Gasteiger partial charge on any atom is -0.493 e. The van der Waals surface area contributed by atoms with E-state index in [0.29, 0.717) is 33.6 Å². The molecule has 0 aliphatic carbocycles. The highest BCUT2D eigenvalue weighted by atomic mass is 35.5. The second-order valence-corrected chi connectivity index (χ2v) is 7.34. The normalized spacial score (nSPS) is 10.9. The Morgan fingerprint density at radius 3 is 2.03 bits per heavy atom. The number of anilines is 1. The summed E-state index contributed by atoms with van der Waals surface area (Å²) in [7, 11) is 4.81. The minimum absolute atomic E-state index is 0.511. The lowest BCUT2D eigenvalue weighted by atomic mass is 10.1. The van der Waals surface area contributed by atoms with Crippen LogP contribution < -0.4 is 19.1 Å². The van der Waals surface area contributed by atoms with Gasteiger partial charge in [0.05, 0.1) is 26.7 Å². The minimum atomic E-state index is 0.511. The molecule has 0 atom stereocenters. The maximum absolute atomic E-state index is 6.08. The molecule has 0 fully saturated rings. The van der Waals surface area contributed by atoms with Crippen LogP contribution in [0.5, 0.6) is 17.2 Å². The van der Waals surface area contributed by atoms with E-state index in [1.807, 2.05) is 30.3 Å². The average Bonchev–Trinajstić information content (AvgIpc) is 2.77. The molecule has 0 saturated heterocycles. The van der Waals surface area contributed by atoms with E-state index >= 15 is 0 Å². The smallest absolute Gasteiger partial charge is 0.205 e. The van der Waals surface area contributed by atoms with E-state index in [-0.39, 0.29) is 0 Å². The van der Waals surface area contributed by atoms with E-state index in [2.05, 4.69) is 18.7 Å². The molecule has 1 heterocycles. The van der Waals surface area contributed by atoms with Crippen LogP contribution in [0.15, 0.2) is 30.3 Å². The molecule has 0 bridgehead atoms. The maximum atomic E-state index is 6.08. The lowest BCUT2D eigenvalue weighted by Gasteiger charge is -2.25. The van der Waals surface area contributed by atoms with Crippen molar-refractivity contribution in [2.45, 2.75) is 26.7 Å². The molecule has 2 aromatic carbocycles. The zero-order valence-corrected chi connectivity index (χ0v) is 18.9. The molecule has 30 heavy (non-hydrogen) atoms. The van der Waals surface area contributed by atoms with Crippen LogP contribution in [-0.4, -0.2) is 44.4 Å². The first-order chi connectivity index (χ1) is 14.6. The number of benzene rings is 2. The third-order valence-electron chi connectivity index (χ3n) is 4.86. The second kappa shape index (κ2) is 9.85. The van der Waals surface area contributed by atoms with Gasteiger partial charge in [-0.25, -0.2) is 9.97 Å². The number of fused-ring (bicyclic) bond motifs is 1. The Morgan fingerprint density at radius 1 is 0.867 bits per heavy atom. The number of hydrogen-bond donors (Lipinski definition) is 0. The highest BCUT2D eigenvalue weighted by molar-refractivity contribution is 6.30. The monoisotopic (exact) mass is 429 g/mol. The standard InChI is InChI=1S/C23H28ClN3O3/c1-6-12-27(13-7-2)23-17-14-18(28-3)20(29-4)21(30-5)19(17)25-22(26-23)15-8-10-16(24)11-9-15/h8-11,14H,6-7,12-13H2,1-5H3. The summed E-state index contributed by atoms with van der Waals surface area (Å²) in [6, 6.07) is 9.45. The second-order valence-electron chi connectivity index (χ2n) is 6.91. The molecule has 1 aromatic heterocycles. The van der Waals surface area contributed by atoms with Gasteiger partial charge in [-0.2, -0.15) is 0 Å². The van der Waals surface area contributed by atoms with E-state index in [4.69, 9.17) is 35.8 Å². The van der Waals surface area contributed by atoms with E-state index in [9.17, 15) is 0 Å².